The normalized spacial score (nSPS) is 10.8. The summed E-state index contributed by atoms with van der Waals surface area (Å²) in [6.07, 6.45) is 1.71. The second-order valence-corrected chi connectivity index (χ2v) is 6.76. The van der Waals surface area contributed by atoms with Crippen molar-refractivity contribution in [3.63, 3.8) is 0 Å². The fourth-order valence-corrected chi connectivity index (χ4v) is 3.54. The van der Waals surface area contributed by atoms with Crippen LogP contribution in [0.2, 0.25) is 0 Å². The van der Waals surface area contributed by atoms with Gasteiger partial charge in [-0.25, -0.2) is 4.98 Å². The molecule has 2 aromatic heterocycles. The van der Waals surface area contributed by atoms with Gasteiger partial charge >= 0.3 is 0 Å². The molecule has 0 aliphatic rings. The third-order valence-corrected chi connectivity index (χ3v) is 4.89. The van der Waals surface area contributed by atoms with E-state index in [2.05, 4.69) is 10.3 Å². The summed E-state index contributed by atoms with van der Waals surface area (Å²) in [6.45, 7) is 0.529. The molecular weight excluding hydrogens is 330 g/mol. The van der Waals surface area contributed by atoms with E-state index in [1.807, 2.05) is 35.7 Å². The molecule has 0 saturated heterocycles. The molecule has 0 bridgehead atoms. The van der Waals surface area contributed by atoms with Crippen LogP contribution < -0.4 is 10.9 Å². The van der Waals surface area contributed by atoms with E-state index in [1.54, 1.807) is 6.20 Å². The Bertz CT molecular complexity index is 858. The summed E-state index contributed by atoms with van der Waals surface area (Å²) in [4.78, 5) is 28.8. The molecular formula is C16H15N3O2S2. The zero-order valence-corrected chi connectivity index (χ0v) is 13.9. The van der Waals surface area contributed by atoms with Gasteiger partial charge in [0, 0.05) is 29.9 Å². The summed E-state index contributed by atoms with van der Waals surface area (Å²) in [5.74, 6) is 0.869. The van der Waals surface area contributed by atoms with Gasteiger partial charge in [0.2, 0.25) is 5.91 Å². The first-order chi connectivity index (χ1) is 11.2. The number of hydrogen-bond donors (Lipinski definition) is 1. The Morgan fingerprint density at radius 2 is 2.13 bits per heavy atom. The van der Waals surface area contributed by atoms with Gasteiger partial charge in [-0.1, -0.05) is 30.3 Å². The first-order valence-electron chi connectivity index (χ1n) is 7.06. The third-order valence-electron chi connectivity index (χ3n) is 3.17. The number of nitrogens with zero attached hydrogens (tertiary/aromatic N) is 2. The van der Waals surface area contributed by atoms with Gasteiger partial charge in [-0.15, -0.1) is 23.1 Å². The highest BCUT2D eigenvalue weighted by atomic mass is 32.2. The lowest BCUT2D eigenvalue weighted by atomic mass is 10.2. The predicted octanol–water partition coefficient (Wildman–Crippen LogP) is 2.31. The molecule has 0 aliphatic carbocycles. The fourth-order valence-electron chi connectivity index (χ4n) is 2.06. The number of thioether (sulfide) groups is 1. The maximum atomic E-state index is 11.9. The van der Waals surface area contributed by atoms with Crippen molar-refractivity contribution in [3.8, 4) is 0 Å². The number of carbonyl (C=O) groups excluding carboxylic acids is 1. The van der Waals surface area contributed by atoms with Gasteiger partial charge in [-0.2, -0.15) is 0 Å². The molecule has 0 saturated carbocycles. The molecule has 0 aliphatic heterocycles. The van der Waals surface area contributed by atoms with Crippen LogP contribution in [-0.2, 0) is 17.1 Å². The van der Waals surface area contributed by atoms with Crippen LogP contribution in [-0.4, -0.2) is 21.0 Å². The standard InChI is InChI=1S/C16H15N3O2S2/c20-14(17-9-12-4-2-1-3-5-12)11-22-10-13-8-15(21)19-6-7-23-16(19)18-13/h1-8H,9-11H2,(H,17,20). The van der Waals surface area contributed by atoms with E-state index in [4.69, 9.17) is 0 Å². The van der Waals surface area contributed by atoms with Gasteiger partial charge in [-0.3, -0.25) is 14.0 Å². The smallest absolute Gasteiger partial charge is 0.258 e. The van der Waals surface area contributed by atoms with Gasteiger partial charge in [-0.05, 0) is 5.56 Å². The van der Waals surface area contributed by atoms with Crippen LogP contribution in [0.25, 0.3) is 4.96 Å². The lowest BCUT2D eigenvalue weighted by molar-refractivity contribution is -0.118. The molecule has 0 fully saturated rings. The van der Waals surface area contributed by atoms with Gasteiger partial charge in [0.05, 0.1) is 11.4 Å². The number of aromatic nitrogens is 2. The van der Waals surface area contributed by atoms with Crippen LogP contribution in [0.15, 0.2) is 52.8 Å². The van der Waals surface area contributed by atoms with Crippen molar-refractivity contribution in [1.29, 1.82) is 0 Å². The van der Waals surface area contributed by atoms with E-state index >= 15 is 0 Å². The highest BCUT2D eigenvalue weighted by Crippen LogP contribution is 2.12. The summed E-state index contributed by atoms with van der Waals surface area (Å²) >= 11 is 2.88. The summed E-state index contributed by atoms with van der Waals surface area (Å²) in [6, 6.07) is 11.3. The van der Waals surface area contributed by atoms with Gasteiger partial charge in [0.15, 0.2) is 4.96 Å². The average Bonchev–Trinajstić information content (AvgIpc) is 3.03. The quantitative estimate of drug-likeness (QED) is 0.745. The minimum absolute atomic E-state index is 0.0206. The van der Waals surface area contributed by atoms with Crippen molar-refractivity contribution < 1.29 is 4.79 Å². The van der Waals surface area contributed by atoms with Crippen LogP contribution in [0.3, 0.4) is 0 Å². The summed E-state index contributed by atoms with van der Waals surface area (Å²) in [5.41, 5.74) is 1.70. The second-order valence-electron chi connectivity index (χ2n) is 4.90. The van der Waals surface area contributed by atoms with Crippen LogP contribution in [0, 0.1) is 0 Å². The van der Waals surface area contributed by atoms with Crippen molar-refractivity contribution in [2.45, 2.75) is 12.3 Å². The second kappa shape index (κ2) is 7.43. The average molecular weight is 345 g/mol. The number of amides is 1. The molecule has 0 radical (unpaired) electrons. The maximum absolute atomic E-state index is 11.9. The van der Waals surface area contributed by atoms with Crippen molar-refractivity contribution in [3.05, 3.63) is 69.6 Å². The van der Waals surface area contributed by atoms with Crippen LogP contribution in [0.1, 0.15) is 11.3 Å². The minimum Gasteiger partial charge on any atom is -0.351 e. The van der Waals surface area contributed by atoms with Gasteiger partial charge < -0.3 is 5.32 Å². The predicted molar refractivity (Wildman–Crippen MR) is 93.8 cm³/mol. The van der Waals surface area contributed by atoms with Crippen LogP contribution in [0.4, 0.5) is 0 Å². The molecule has 3 rings (SSSR count). The number of fused-ring (bicyclic) bond motifs is 1. The number of benzene rings is 1. The lowest BCUT2D eigenvalue weighted by Crippen LogP contribution is -2.24. The SMILES string of the molecule is O=C(CSCc1cc(=O)n2ccsc2n1)NCc1ccccc1. The first kappa shape index (κ1) is 15.8. The minimum atomic E-state index is -0.0830. The molecule has 1 N–H and O–H groups in total. The van der Waals surface area contributed by atoms with Crippen LogP contribution in [0.5, 0.6) is 0 Å². The Morgan fingerprint density at radius 1 is 1.30 bits per heavy atom. The number of rotatable bonds is 6. The Hall–Kier alpha value is -2.12. The van der Waals surface area contributed by atoms with E-state index in [1.165, 1.54) is 33.6 Å². The summed E-state index contributed by atoms with van der Waals surface area (Å²) in [5, 5.41) is 4.71. The van der Waals surface area contributed by atoms with Crippen molar-refractivity contribution in [2.24, 2.45) is 0 Å². The number of nitrogens with one attached hydrogen (secondary N) is 1. The zero-order chi connectivity index (χ0) is 16.1. The Kier molecular flexibility index (Phi) is 5.09. The largest absolute Gasteiger partial charge is 0.351 e. The van der Waals surface area contributed by atoms with Crippen molar-refractivity contribution in [2.75, 3.05) is 5.75 Å². The topological polar surface area (TPSA) is 63.5 Å². The zero-order valence-electron chi connectivity index (χ0n) is 12.3. The maximum Gasteiger partial charge on any atom is 0.258 e. The number of thiazole rings is 1. The monoisotopic (exact) mass is 345 g/mol. The van der Waals surface area contributed by atoms with E-state index < -0.39 is 0 Å². The highest BCUT2D eigenvalue weighted by molar-refractivity contribution is 7.99. The summed E-state index contributed by atoms with van der Waals surface area (Å²) < 4.78 is 1.52. The molecule has 0 spiro atoms. The molecule has 1 amide bonds. The van der Waals surface area contributed by atoms with Crippen molar-refractivity contribution >= 4 is 34.0 Å². The number of hydrogen-bond acceptors (Lipinski definition) is 5. The van der Waals surface area contributed by atoms with E-state index in [-0.39, 0.29) is 11.5 Å². The van der Waals surface area contributed by atoms with Crippen molar-refractivity contribution in [1.82, 2.24) is 14.7 Å². The molecule has 118 valence electrons. The van der Waals surface area contributed by atoms with Gasteiger partial charge in [0.25, 0.3) is 5.56 Å². The Balaban J connectivity index is 1.48. The molecule has 5 nitrogen and oxygen atoms in total. The lowest BCUT2D eigenvalue weighted by Gasteiger charge is -2.05. The summed E-state index contributed by atoms with van der Waals surface area (Å²) in [7, 11) is 0. The highest BCUT2D eigenvalue weighted by Gasteiger charge is 2.06. The van der Waals surface area contributed by atoms with E-state index in [9.17, 15) is 9.59 Å². The van der Waals surface area contributed by atoms with Gasteiger partial charge in [0.1, 0.15) is 0 Å². The van der Waals surface area contributed by atoms with E-state index in [0.29, 0.717) is 28.7 Å². The molecule has 1 aromatic carbocycles. The molecule has 7 heteroatoms. The molecule has 3 aromatic rings. The fraction of sp³-hybridized carbons (Fsp3) is 0.188. The molecule has 0 atom stereocenters. The molecule has 0 unspecified atom stereocenters. The Morgan fingerprint density at radius 3 is 2.96 bits per heavy atom. The van der Waals surface area contributed by atoms with Crippen LogP contribution >= 0.6 is 23.1 Å². The molecule has 23 heavy (non-hydrogen) atoms. The Labute approximate surface area is 141 Å². The first-order valence-corrected chi connectivity index (χ1v) is 9.10. The van der Waals surface area contributed by atoms with E-state index in [0.717, 1.165) is 5.56 Å². The number of carbonyl (C=O) groups is 1. The molecule has 2 heterocycles. The third kappa shape index (κ3) is 4.20.